The Morgan fingerprint density at radius 1 is 1.27 bits per heavy atom. The second kappa shape index (κ2) is 3.72. The Bertz CT molecular complexity index is 387. The number of carbonyl (C=O) groups is 1. The Labute approximate surface area is 90.7 Å². The van der Waals surface area contributed by atoms with Crippen LogP contribution in [0, 0.1) is 13.8 Å². The Morgan fingerprint density at radius 3 is 2.33 bits per heavy atom. The molecule has 0 aliphatic carbocycles. The maximum Gasteiger partial charge on any atom is 0.255 e. The molecule has 1 aliphatic heterocycles. The average molecular weight is 206 g/mol. The van der Waals surface area contributed by atoms with Crippen LogP contribution in [0.2, 0.25) is 0 Å². The molecule has 2 rings (SSSR count). The number of nitrogens with zero attached hydrogens (tertiary/aromatic N) is 2. The van der Waals surface area contributed by atoms with Crippen LogP contribution in [-0.2, 0) is 7.05 Å². The van der Waals surface area contributed by atoms with Crippen molar-refractivity contribution < 1.29 is 4.79 Å². The third-order valence-electron chi connectivity index (χ3n) is 3.40. The highest BCUT2D eigenvalue weighted by Gasteiger charge is 2.22. The van der Waals surface area contributed by atoms with Gasteiger partial charge < -0.3 is 9.47 Å². The van der Waals surface area contributed by atoms with Crippen LogP contribution < -0.4 is 0 Å². The van der Waals surface area contributed by atoms with Crippen molar-refractivity contribution in [1.82, 2.24) is 9.47 Å². The minimum absolute atomic E-state index is 0.203. The highest BCUT2D eigenvalue weighted by Crippen LogP contribution is 2.18. The summed E-state index contributed by atoms with van der Waals surface area (Å²) >= 11 is 0. The maximum atomic E-state index is 12.1. The van der Waals surface area contributed by atoms with Gasteiger partial charge in [0.2, 0.25) is 0 Å². The third-order valence-corrected chi connectivity index (χ3v) is 3.40. The van der Waals surface area contributed by atoms with Crippen LogP contribution in [0.4, 0.5) is 0 Å². The van der Waals surface area contributed by atoms with E-state index in [1.165, 1.54) is 0 Å². The zero-order valence-electron chi connectivity index (χ0n) is 9.71. The quantitative estimate of drug-likeness (QED) is 0.688. The lowest BCUT2D eigenvalue weighted by Crippen LogP contribution is -2.27. The van der Waals surface area contributed by atoms with E-state index in [2.05, 4.69) is 4.57 Å². The molecular weight excluding hydrogens is 188 g/mol. The summed E-state index contributed by atoms with van der Waals surface area (Å²) in [6, 6.07) is 2.00. The van der Waals surface area contributed by atoms with Crippen LogP contribution in [0.15, 0.2) is 6.07 Å². The molecule has 0 aromatic carbocycles. The van der Waals surface area contributed by atoms with E-state index in [1.54, 1.807) is 0 Å². The second-order valence-corrected chi connectivity index (χ2v) is 4.34. The molecule has 1 aromatic rings. The zero-order valence-corrected chi connectivity index (χ0v) is 9.71. The summed E-state index contributed by atoms with van der Waals surface area (Å²) in [4.78, 5) is 14.1. The van der Waals surface area contributed by atoms with Crippen LogP contribution in [-0.4, -0.2) is 28.5 Å². The van der Waals surface area contributed by atoms with Crippen molar-refractivity contribution in [2.45, 2.75) is 26.7 Å². The lowest BCUT2D eigenvalue weighted by molar-refractivity contribution is 0.0792. The number of aromatic nitrogens is 1. The lowest BCUT2D eigenvalue weighted by atomic mass is 10.2. The summed E-state index contributed by atoms with van der Waals surface area (Å²) < 4.78 is 2.07. The zero-order chi connectivity index (χ0) is 11.0. The summed E-state index contributed by atoms with van der Waals surface area (Å²) in [6.45, 7) is 5.89. The lowest BCUT2D eigenvalue weighted by Gasteiger charge is -2.14. The first-order valence-corrected chi connectivity index (χ1v) is 5.53. The van der Waals surface area contributed by atoms with Crippen LogP contribution in [0.25, 0.3) is 0 Å². The van der Waals surface area contributed by atoms with Gasteiger partial charge >= 0.3 is 0 Å². The van der Waals surface area contributed by atoms with Gasteiger partial charge in [0.25, 0.3) is 5.91 Å². The predicted octanol–water partition coefficient (Wildman–Crippen LogP) is 1.88. The van der Waals surface area contributed by atoms with E-state index in [9.17, 15) is 4.79 Å². The maximum absolute atomic E-state index is 12.1. The highest BCUT2D eigenvalue weighted by atomic mass is 16.2. The molecule has 82 valence electrons. The van der Waals surface area contributed by atoms with Crippen LogP contribution in [0.3, 0.4) is 0 Å². The summed E-state index contributed by atoms with van der Waals surface area (Å²) in [7, 11) is 2.01. The van der Waals surface area contributed by atoms with Gasteiger partial charge in [-0.3, -0.25) is 4.79 Å². The third kappa shape index (κ3) is 1.66. The van der Waals surface area contributed by atoms with Gasteiger partial charge in [0.05, 0.1) is 5.56 Å². The first kappa shape index (κ1) is 10.3. The Kier molecular flexibility index (Phi) is 2.55. The van der Waals surface area contributed by atoms with Crippen molar-refractivity contribution in [1.29, 1.82) is 0 Å². The van der Waals surface area contributed by atoms with Crippen molar-refractivity contribution in [3.63, 3.8) is 0 Å². The van der Waals surface area contributed by atoms with E-state index in [0.717, 1.165) is 42.9 Å². The van der Waals surface area contributed by atoms with Crippen molar-refractivity contribution >= 4 is 5.91 Å². The summed E-state index contributed by atoms with van der Waals surface area (Å²) in [6.07, 6.45) is 2.30. The SMILES string of the molecule is Cc1cc(C(=O)N2CCCC2)c(C)n1C. The molecular formula is C12H18N2O. The summed E-state index contributed by atoms with van der Waals surface area (Å²) in [5.41, 5.74) is 3.09. The molecule has 0 N–H and O–H groups in total. The minimum Gasteiger partial charge on any atom is -0.351 e. The second-order valence-electron chi connectivity index (χ2n) is 4.34. The molecule has 1 aliphatic rings. The van der Waals surface area contributed by atoms with E-state index >= 15 is 0 Å². The number of rotatable bonds is 1. The van der Waals surface area contributed by atoms with Gasteiger partial charge in [-0.25, -0.2) is 0 Å². The van der Waals surface area contributed by atoms with E-state index < -0.39 is 0 Å². The molecule has 1 amide bonds. The normalized spacial score (nSPS) is 16.1. The molecule has 1 aromatic heterocycles. The van der Waals surface area contributed by atoms with E-state index in [-0.39, 0.29) is 5.91 Å². The van der Waals surface area contributed by atoms with Crippen molar-refractivity contribution in [3.05, 3.63) is 23.0 Å². The van der Waals surface area contributed by atoms with Crippen LogP contribution in [0.1, 0.15) is 34.6 Å². The molecule has 0 spiro atoms. The first-order chi connectivity index (χ1) is 7.11. The molecule has 0 saturated carbocycles. The molecule has 0 unspecified atom stereocenters. The number of carbonyl (C=O) groups excluding carboxylic acids is 1. The molecule has 1 fully saturated rings. The molecule has 15 heavy (non-hydrogen) atoms. The molecule has 0 atom stereocenters. The van der Waals surface area contributed by atoms with E-state index in [1.807, 2.05) is 31.9 Å². The molecule has 3 nitrogen and oxygen atoms in total. The molecule has 0 bridgehead atoms. The molecule has 2 heterocycles. The van der Waals surface area contributed by atoms with E-state index in [4.69, 9.17) is 0 Å². The van der Waals surface area contributed by atoms with Gasteiger partial charge in [-0.1, -0.05) is 0 Å². The fraction of sp³-hybridized carbons (Fsp3) is 0.583. The van der Waals surface area contributed by atoms with Gasteiger partial charge in [-0.2, -0.15) is 0 Å². The van der Waals surface area contributed by atoms with Crippen LogP contribution in [0.5, 0.6) is 0 Å². The number of aryl methyl sites for hydroxylation is 1. The monoisotopic (exact) mass is 206 g/mol. The standard InChI is InChI=1S/C12H18N2O/c1-9-8-11(10(2)13(9)3)12(15)14-6-4-5-7-14/h8H,4-7H2,1-3H3. The van der Waals surface area contributed by atoms with Gasteiger partial charge in [0.15, 0.2) is 0 Å². The summed E-state index contributed by atoms with van der Waals surface area (Å²) in [5.74, 6) is 0.203. The van der Waals surface area contributed by atoms with Gasteiger partial charge in [0, 0.05) is 31.5 Å². The molecule has 3 heteroatoms. The number of hydrogen-bond donors (Lipinski definition) is 0. The summed E-state index contributed by atoms with van der Waals surface area (Å²) in [5, 5.41) is 0. The van der Waals surface area contributed by atoms with Crippen molar-refractivity contribution in [2.24, 2.45) is 7.05 Å². The molecule has 0 radical (unpaired) electrons. The average Bonchev–Trinajstić information content (AvgIpc) is 2.82. The molecule has 1 saturated heterocycles. The smallest absolute Gasteiger partial charge is 0.255 e. The van der Waals surface area contributed by atoms with Gasteiger partial charge in [-0.05, 0) is 32.8 Å². The fourth-order valence-electron chi connectivity index (χ4n) is 2.16. The largest absolute Gasteiger partial charge is 0.351 e. The van der Waals surface area contributed by atoms with E-state index in [0.29, 0.717) is 0 Å². The topological polar surface area (TPSA) is 25.2 Å². The number of amides is 1. The van der Waals surface area contributed by atoms with Crippen LogP contribution >= 0.6 is 0 Å². The van der Waals surface area contributed by atoms with Crippen molar-refractivity contribution in [2.75, 3.05) is 13.1 Å². The fourth-order valence-corrected chi connectivity index (χ4v) is 2.16. The Balaban J connectivity index is 2.28. The van der Waals surface area contributed by atoms with Gasteiger partial charge in [-0.15, -0.1) is 0 Å². The minimum atomic E-state index is 0.203. The number of hydrogen-bond acceptors (Lipinski definition) is 1. The predicted molar refractivity (Wildman–Crippen MR) is 60.0 cm³/mol. The van der Waals surface area contributed by atoms with Gasteiger partial charge in [0.1, 0.15) is 0 Å². The number of likely N-dealkylation sites (tertiary alicyclic amines) is 1. The Morgan fingerprint density at radius 2 is 1.87 bits per heavy atom. The first-order valence-electron chi connectivity index (χ1n) is 5.53. The highest BCUT2D eigenvalue weighted by molar-refractivity contribution is 5.95. The van der Waals surface area contributed by atoms with Crippen molar-refractivity contribution in [3.8, 4) is 0 Å². The Hall–Kier alpha value is -1.25.